The SMILES string of the molecule is CC1(C)COCCN1Cc1ccccc1C#N. The van der Waals surface area contributed by atoms with Crippen LogP contribution in [0.2, 0.25) is 0 Å². The first-order valence-corrected chi connectivity index (χ1v) is 5.94. The summed E-state index contributed by atoms with van der Waals surface area (Å²) in [6.45, 7) is 7.63. The third-order valence-electron chi connectivity index (χ3n) is 3.32. The summed E-state index contributed by atoms with van der Waals surface area (Å²) < 4.78 is 5.50. The van der Waals surface area contributed by atoms with Gasteiger partial charge in [-0.1, -0.05) is 18.2 Å². The molecule has 0 aromatic heterocycles. The van der Waals surface area contributed by atoms with E-state index < -0.39 is 0 Å². The molecule has 0 saturated carbocycles. The van der Waals surface area contributed by atoms with Gasteiger partial charge in [0.1, 0.15) is 0 Å². The lowest BCUT2D eigenvalue weighted by Crippen LogP contribution is -2.52. The van der Waals surface area contributed by atoms with Crippen molar-refractivity contribution in [3.05, 3.63) is 35.4 Å². The minimum atomic E-state index is 0.0425. The predicted molar refractivity (Wildman–Crippen MR) is 66.5 cm³/mol. The van der Waals surface area contributed by atoms with Crippen molar-refractivity contribution >= 4 is 0 Å². The molecule has 0 bridgehead atoms. The van der Waals surface area contributed by atoms with Crippen LogP contribution in [0.3, 0.4) is 0 Å². The molecule has 0 unspecified atom stereocenters. The van der Waals surface area contributed by atoms with Crippen LogP contribution in [0.4, 0.5) is 0 Å². The Balaban J connectivity index is 2.17. The van der Waals surface area contributed by atoms with Crippen LogP contribution in [-0.2, 0) is 11.3 Å². The van der Waals surface area contributed by atoms with E-state index in [0.717, 1.165) is 37.4 Å². The molecular weight excluding hydrogens is 212 g/mol. The van der Waals surface area contributed by atoms with Crippen LogP contribution in [-0.4, -0.2) is 30.2 Å². The Morgan fingerprint density at radius 1 is 1.41 bits per heavy atom. The van der Waals surface area contributed by atoms with Crippen LogP contribution in [0.1, 0.15) is 25.0 Å². The minimum Gasteiger partial charge on any atom is -0.378 e. The van der Waals surface area contributed by atoms with Gasteiger partial charge in [-0.2, -0.15) is 5.26 Å². The second-order valence-corrected chi connectivity index (χ2v) is 5.06. The van der Waals surface area contributed by atoms with Crippen molar-refractivity contribution in [2.75, 3.05) is 19.8 Å². The molecule has 0 amide bonds. The monoisotopic (exact) mass is 230 g/mol. The van der Waals surface area contributed by atoms with E-state index in [1.165, 1.54) is 0 Å². The van der Waals surface area contributed by atoms with E-state index in [1.807, 2.05) is 24.3 Å². The van der Waals surface area contributed by atoms with E-state index in [9.17, 15) is 0 Å². The standard InChI is InChI=1S/C14H18N2O/c1-14(2)11-17-8-7-16(14)10-13-6-4-3-5-12(13)9-15/h3-6H,7-8,10-11H2,1-2H3. The Labute approximate surface area is 103 Å². The lowest BCUT2D eigenvalue weighted by molar-refractivity contribution is -0.0553. The molecule has 17 heavy (non-hydrogen) atoms. The van der Waals surface area contributed by atoms with E-state index in [1.54, 1.807) is 0 Å². The molecule has 1 fully saturated rings. The highest BCUT2D eigenvalue weighted by Gasteiger charge is 2.30. The normalized spacial score (nSPS) is 19.8. The van der Waals surface area contributed by atoms with E-state index in [4.69, 9.17) is 10.00 Å². The van der Waals surface area contributed by atoms with E-state index >= 15 is 0 Å². The molecule has 1 heterocycles. The Morgan fingerprint density at radius 3 is 2.88 bits per heavy atom. The molecule has 0 radical (unpaired) electrons. The molecule has 2 rings (SSSR count). The summed E-state index contributed by atoms with van der Waals surface area (Å²) in [6.07, 6.45) is 0. The predicted octanol–water partition coefficient (Wildman–Crippen LogP) is 2.17. The fourth-order valence-electron chi connectivity index (χ4n) is 2.16. The largest absolute Gasteiger partial charge is 0.378 e. The summed E-state index contributed by atoms with van der Waals surface area (Å²) in [5, 5.41) is 9.08. The van der Waals surface area contributed by atoms with Crippen molar-refractivity contribution in [2.45, 2.75) is 25.9 Å². The molecule has 0 spiro atoms. The lowest BCUT2D eigenvalue weighted by atomic mass is 10.00. The first kappa shape index (κ1) is 12.1. The number of morpholine rings is 1. The van der Waals surface area contributed by atoms with Crippen LogP contribution < -0.4 is 0 Å². The van der Waals surface area contributed by atoms with Crippen molar-refractivity contribution in [1.82, 2.24) is 4.90 Å². The van der Waals surface area contributed by atoms with Gasteiger partial charge in [-0.05, 0) is 25.5 Å². The molecule has 1 aromatic rings. The number of rotatable bonds is 2. The van der Waals surface area contributed by atoms with E-state index in [-0.39, 0.29) is 5.54 Å². The summed E-state index contributed by atoms with van der Waals surface area (Å²) in [6, 6.07) is 10.1. The molecule has 1 aliphatic rings. The Morgan fingerprint density at radius 2 is 2.18 bits per heavy atom. The van der Waals surface area contributed by atoms with Crippen molar-refractivity contribution in [3.63, 3.8) is 0 Å². The van der Waals surface area contributed by atoms with Crippen LogP contribution in [0.5, 0.6) is 0 Å². The van der Waals surface area contributed by atoms with E-state index in [0.29, 0.717) is 0 Å². The lowest BCUT2D eigenvalue weighted by Gasteiger charge is -2.42. The maximum Gasteiger partial charge on any atom is 0.0995 e. The smallest absolute Gasteiger partial charge is 0.0995 e. The molecule has 1 aromatic carbocycles. The van der Waals surface area contributed by atoms with Crippen molar-refractivity contribution in [2.24, 2.45) is 0 Å². The van der Waals surface area contributed by atoms with Gasteiger partial charge in [-0.15, -0.1) is 0 Å². The van der Waals surface area contributed by atoms with Crippen molar-refractivity contribution in [3.8, 4) is 6.07 Å². The molecule has 3 nitrogen and oxygen atoms in total. The molecular formula is C14H18N2O. The Hall–Kier alpha value is -1.37. The topological polar surface area (TPSA) is 36.3 Å². The number of ether oxygens (including phenoxy) is 1. The summed E-state index contributed by atoms with van der Waals surface area (Å²) in [7, 11) is 0. The zero-order chi connectivity index (χ0) is 12.3. The molecule has 1 aliphatic heterocycles. The molecule has 0 N–H and O–H groups in total. The quantitative estimate of drug-likeness (QED) is 0.781. The number of nitrogens with zero attached hydrogens (tertiary/aromatic N) is 2. The fraction of sp³-hybridized carbons (Fsp3) is 0.500. The van der Waals surface area contributed by atoms with Gasteiger partial charge in [-0.25, -0.2) is 0 Å². The zero-order valence-electron chi connectivity index (χ0n) is 10.4. The minimum absolute atomic E-state index is 0.0425. The van der Waals surface area contributed by atoms with Gasteiger partial charge in [0.25, 0.3) is 0 Å². The number of nitriles is 1. The average Bonchev–Trinajstić information content (AvgIpc) is 2.32. The second kappa shape index (κ2) is 4.87. The third-order valence-corrected chi connectivity index (χ3v) is 3.32. The molecule has 90 valence electrons. The highest BCUT2D eigenvalue weighted by molar-refractivity contribution is 5.37. The van der Waals surface area contributed by atoms with Gasteiger partial charge in [-0.3, -0.25) is 4.90 Å². The highest BCUT2D eigenvalue weighted by Crippen LogP contribution is 2.22. The van der Waals surface area contributed by atoms with Crippen LogP contribution in [0.15, 0.2) is 24.3 Å². The van der Waals surface area contributed by atoms with Crippen molar-refractivity contribution in [1.29, 1.82) is 5.26 Å². The molecule has 3 heteroatoms. The van der Waals surface area contributed by atoms with Gasteiger partial charge < -0.3 is 4.74 Å². The summed E-state index contributed by atoms with van der Waals surface area (Å²) in [4.78, 5) is 2.38. The van der Waals surface area contributed by atoms with Gasteiger partial charge >= 0.3 is 0 Å². The zero-order valence-corrected chi connectivity index (χ0v) is 10.4. The van der Waals surface area contributed by atoms with Gasteiger partial charge in [0.2, 0.25) is 0 Å². The average molecular weight is 230 g/mol. The first-order chi connectivity index (χ1) is 8.13. The van der Waals surface area contributed by atoms with Gasteiger partial charge in [0.05, 0.1) is 24.8 Å². The molecule has 0 atom stereocenters. The number of hydrogen-bond donors (Lipinski definition) is 0. The summed E-state index contributed by atoms with van der Waals surface area (Å²) >= 11 is 0. The molecule has 0 aliphatic carbocycles. The first-order valence-electron chi connectivity index (χ1n) is 5.94. The second-order valence-electron chi connectivity index (χ2n) is 5.06. The maximum absolute atomic E-state index is 9.08. The highest BCUT2D eigenvalue weighted by atomic mass is 16.5. The number of hydrogen-bond acceptors (Lipinski definition) is 3. The number of benzene rings is 1. The van der Waals surface area contributed by atoms with Crippen LogP contribution in [0, 0.1) is 11.3 Å². The van der Waals surface area contributed by atoms with Gasteiger partial charge in [0, 0.05) is 18.6 Å². The third kappa shape index (κ3) is 2.66. The van der Waals surface area contributed by atoms with Crippen molar-refractivity contribution < 1.29 is 4.74 Å². The Bertz CT molecular complexity index is 434. The summed E-state index contributed by atoms with van der Waals surface area (Å²) in [5.41, 5.74) is 1.92. The summed E-state index contributed by atoms with van der Waals surface area (Å²) in [5.74, 6) is 0. The van der Waals surface area contributed by atoms with Crippen LogP contribution in [0.25, 0.3) is 0 Å². The van der Waals surface area contributed by atoms with E-state index in [2.05, 4.69) is 24.8 Å². The molecule has 1 saturated heterocycles. The van der Waals surface area contributed by atoms with Crippen LogP contribution >= 0.6 is 0 Å². The Kier molecular flexibility index (Phi) is 3.46. The maximum atomic E-state index is 9.08. The van der Waals surface area contributed by atoms with Gasteiger partial charge in [0.15, 0.2) is 0 Å². The fourth-order valence-corrected chi connectivity index (χ4v) is 2.16.